The Hall–Kier alpha value is -0.800. The van der Waals surface area contributed by atoms with E-state index in [-0.39, 0.29) is 37.3 Å². The monoisotopic (exact) mass is 445 g/mol. The van der Waals surface area contributed by atoms with Gasteiger partial charge in [0.25, 0.3) is 0 Å². The van der Waals surface area contributed by atoms with Crippen LogP contribution < -0.4 is 34.3 Å². The van der Waals surface area contributed by atoms with E-state index in [0.717, 1.165) is 23.9 Å². The number of benzene rings is 1. The smallest absolute Gasteiger partial charge is 1.00 e. The molecule has 0 aliphatic carbocycles. The summed E-state index contributed by atoms with van der Waals surface area (Å²) in [6.07, 6.45) is 4.95. The minimum atomic E-state index is -1.32. The van der Waals surface area contributed by atoms with E-state index in [4.69, 9.17) is 21.1 Å². The first kappa shape index (κ1) is 24.5. The SMILES string of the molecule is CCCCOC(C)Oc1ccnc(-c2nc3cc(Cl)ccc3n2[S+](C)[O-])c1C.[H-].[Na+]. The standard InChI is InChI=1S/C20H24ClN3O3S.Na.H/c1-5-6-11-26-14(3)27-18-9-10-22-19(13(18)2)20-23-16-12-15(21)7-8-17(16)24(20)28(4)25;;/h7-10,12,14H,5-6,11H2,1-4H3;;/q;+1;-1. The molecule has 0 N–H and O–H groups in total. The van der Waals surface area contributed by atoms with E-state index >= 15 is 0 Å². The van der Waals surface area contributed by atoms with Crippen molar-refractivity contribution in [2.24, 2.45) is 0 Å². The number of imidazole rings is 1. The molecule has 0 aliphatic heterocycles. The van der Waals surface area contributed by atoms with Gasteiger partial charge in [0.2, 0.25) is 5.82 Å². The Morgan fingerprint density at radius 3 is 2.79 bits per heavy atom. The van der Waals surface area contributed by atoms with Gasteiger partial charge in [-0.1, -0.05) is 24.9 Å². The number of rotatable bonds is 8. The largest absolute Gasteiger partial charge is 1.00 e. The summed E-state index contributed by atoms with van der Waals surface area (Å²) in [7, 11) is 0. The Morgan fingerprint density at radius 1 is 1.34 bits per heavy atom. The van der Waals surface area contributed by atoms with E-state index in [9.17, 15) is 4.55 Å². The third kappa shape index (κ3) is 5.67. The number of pyridine rings is 1. The number of fused-ring (bicyclic) bond motifs is 1. The fourth-order valence-corrected chi connectivity index (χ4v) is 3.89. The van der Waals surface area contributed by atoms with E-state index in [1.807, 2.05) is 19.9 Å². The van der Waals surface area contributed by atoms with Gasteiger partial charge in [-0.25, -0.2) is 4.98 Å². The quantitative estimate of drug-likeness (QED) is 0.229. The second-order valence-corrected chi connectivity index (χ2v) is 8.13. The molecule has 3 aromatic rings. The van der Waals surface area contributed by atoms with Crippen molar-refractivity contribution in [1.82, 2.24) is 13.9 Å². The summed E-state index contributed by atoms with van der Waals surface area (Å²) in [6, 6.07) is 7.12. The van der Waals surface area contributed by atoms with Gasteiger partial charge < -0.3 is 15.5 Å². The first-order valence-electron chi connectivity index (χ1n) is 9.18. The maximum Gasteiger partial charge on any atom is 1.00 e. The maximum atomic E-state index is 12.4. The van der Waals surface area contributed by atoms with Gasteiger partial charge in [-0.15, -0.1) is 3.97 Å². The van der Waals surface area contributed by atoms with Crippen LogP contribution in [0.25, 0.3) is 22.6 Å². The Kier molecular flexibility index (Phi) is 9.28. The van der Waals surface area contributed by atoms with Crippen LogP contribution in [-0.4, -0.2) is 37.6 Å². The molecule has 29 heavy (non-hydrogen) atoms. The minimum Gasteiger partial charge on any atom is -1.00 e. The summed E-state index contributed by atoms with van der Waals surface area (Å²) in [6.45, 7) is 6.55. The van der Waals surface area contributed by atoms with Crippen LogP contribution >= 0.6 is 11.6 Å². The molecule has 2 heterocycles. The Morgan fingerprint density at radius 2 is 2.10 bits per heavy atom. The van der Waals surface area contributed by atoms with Crippen LogP contribution in [0.2, 0.25) is 5.02 Å². The molecule has 9 heteroatoms. The van der Waals surface area contributed by atoms with E-state index in [2.05, 4.69) is 16.9 Å². The van der Waals surface area contributed by atoms with Crippen LogP contribution in [0.1, 0.15) is 33.7 Å². The van der Waals surface area contributed by atoms with Crippen molar-refractivity contribution in [1.29, 1.82) is 0 Å². The zero-order valence-corrected chi connectivity index (χ0v) is 21.0. The Labute approximate surface area is 203 Å². The number of hydrogen-bond donors (Lipinski definition) is 0. The van der Waals surface area contributed by atoms with Crippen molar-refractivity contribution < 1.29 is 45.0 Å². The third-order valence-corrected chi connectivity index (χ3v) is 5.46. The molecule has 0 fully saturated rings. The normalized spacial score (nSPS) is 13.2. The molecule has 0 bridgehead atoms. The zero-order chi connectivity index (χ0) is 20.3. The van der Waals surface area contributed by atoms with Crippen molar-refractivity contribution in [3.63, 3.8) is 0 Å². The molecule has 0 spiro atoms. The van der Waals surface area contributed by atoms with Crippen LogP contribution in [0.15, 0.2) is 30.5 Å². The van der Waals surface area contributed by atoms with Crippen LogP contribution in [0, 0.1) is 6.92 Å². The number of ether oxygens (including phenoxy) is 2. The van der Waals surface area contributed by atoms with Crippen molar-refractivity contribution in [3.05, 3.63) is 41.0 Å². The number of halogens is 1. The number of unbranched alkanes of at least 4 members (excludes halogenated alkanes) is 1. The minimum absolute atomic E-state index is 0. The summed E-state index contributed by atoms with van der Waals surface area (Å²) in [5.74, 6) is 1.17. The van der Waals surface area contributed by atoms with Crippen LogP contribution in [0.3, 0.4) is 0 Å². The summed E-state index contributed by atoms with van der Waals surface area (Å²) < 4.78 is 25.7. The molecule has 0 saturated heterocycles. The summed E-state index contributed by atoms with van der Waals surface area (Å²) in [5, 5.41) is 0.574. The first-order chi connectivity index (χ1) is 13.4. The number of aromatic nitrogens is 3. The molecule has 0 amide bonds. The van der Waals surface area contributed by atoms with Crippen LogP contribution in [0.5, 0.6) is 5.75 Å². The molecule has 2 atom stereocenters. The van der Waals surface area contributed by atoms with Gasteiger partial charge in [-0.05, 0) is 44.5 Å². The molecular formula is C20H25ClN3NaO3S. The van der Waals surface area contributed by atoms with Crippen molar-refractivity contribution in [2.75, 3.05) is 12.9 Å². The van der Waals surface area contributed by atoms with Crippen molar-refractivity contribution >= 4 is 34.0 Å². The predicted octanol–water partition coefficient (Wildman–Crippen LogP) is 1.86. The average Bonchev–Trinajstić information content (AvgIpc) is 3.02. The van der Waals surface area contributed by atoms with E-state index in [1.54, 1.807) is 34.6 Å². The summed E-state index contributed by atoms with van der Waals surface area (Å²) in [4.78, 5) is 9.12. The molecule has 0 aliphatic rings. The average molecular weight is 446 g/mol. The fourth-order valence-electron chi connectivity index (χ4n) is 2.92. The second-order valence-electron chi connectivity index (χ2n) is 6.48. The maximum absolute atomic E-state index is 12.4. The van der Waals surface area contributed by atoms with E-state index < -0.39 is 11.4 Å². The molecule has 3 rings (SSSR count). The Bertz CT molecular complexity index is 974. The molecule has 2 aromatic heterocycles. The van der Waals surface area contributed by atoms with Gasteiger partial charge in [0.15, 0.2) is 6.29 Å². The van der Waals surface area contributed by atoms with Gasteiger partial charge >= 0.3 is 29.6 Å². The van der Waals surface area contributed by atoms with Gasteiger partial charge in [-0.2, -0.15) is 0 Å². The molecule has 0 saturated carbocycles. The number of nitrogens with zero attached hydrogens (tertiary/aromatic N) is 3. The van der Waals surface area contributed by atoms with E-state index in [1.165, 1.54) is 0 Å². The second kappa shape index (κ2) is 11.0. The third-order valence-electron chi connectivity index (χ3n) is 4.34. The summed E-state index contributed by atoms with van der Waals surface area (Å²) in [5.41, 5.74) is 2.83. The van der Waals surface area contributed by atoms with E-state index in [0.29, 0.717) is 34.4 Å². The fraction of sp³-hybridized carbons (Fsp3) is 0.400. The zero-order valence-electron chi connectivity index (χ0n) is 18.4. The molecule has 2 unspecified atom stereocenters. The van der Waals surface area contributed by atoms with Gasteiger partial charge in [0.1, 0.15) is 23.2 Å². The first-order valence-corrected chi connectivity index (χ1v) is 11.1. The molecule has 152 valence electrons. The summed E-state index contributed by atoms with van der Waals surface area (Å²) >= 11 is 4.78. The van der Waals surface area contributed by atoms with Gasteiger partial charge in [0, 0.05) is 16.8 Å². The molecule has 0 radical (unpaired) electrons. The predicted molar refractivity (Wildman–Crippen MR) is 114 cm³/mol. The van der Waals surface area contributed by atoms with Gasteiger partial charge in [-0.3, -0.25) is 4.98 Å². The molecule has 6 nitrogen and oxygen atoms in total. The van der Waals surface area contributed by atoms with Crippen LogP contribution in [-0.2, 0) is 16.1 Å². The topological polar surface area (TPSA) is 72.2 Å². The molecular weight excluding hydrogens is 421 g/mol. The Balaban J connectivity index is 0.00000225. The molecule has 1 aromatic carbocycles. The van der Waals surface area contributed by atoms with Crippen molar-refractivity contribution in [3.8, 4) is 17.3 Å². The van der Waals surface area contributed by atoms with Crippen LogP contribution in [0.4, 0.5) is 0 Å². The number of hydrogen-bond acceptors (Lipinski definition) is 5. The van der Waals surface area contributed by atoms with Crippen molar-refractivity contribution in [2.45, 2.75) is 39.9 Å². The van der Waals surface area contributed by atoms with Gasteiger partial charge in [0.05, 0.1) is 23.5 Å².